The van der Waals surface area contributed by atoms with Crippen LogP contribution in [0.2, 0.25) is 0 Å². The minimum absolute atomic E-state index is 0.222. The molecule has 0 unspecified atom stereocenters. The maximum Gasteiger partial charge on any atom is 0.227 e. The average molecular weight is 395 g/mol. The van der Waals surface area contributed by atoms with Crippen molar-refractivity contribution in [2.75, 3.05) is 5.75 Å². The van der Waals surface area contributed by atoms with Gasteiger partial charge in [-0.05, 0) is 43.5 Å². The fourth-order valence-corrected chi connectivity index (χ4v) is 4.21. The van der Waals surface area contributed by atoms with E-state index in [-0.39, 0.29) is 11.7 Å². The topological polar surface area (TPSA) is 73.8 Å². The Labute approximate surface area is 170 Å². The first-order valence-electron chi connectivity index (χ1n) is 9.41. The number of primary amides is 1. The van der Waals surface area contributed by atoms with E-state index in [0.717, 1.165) is 29.3 Å². The van der Waals surface area contributed by atoms with Crippen LogP contribution in [0.15, 0.2) is 47.9 Å². The minimum Gasteiger partial charge on any atom is -0.369 e. The van der Waals surface area contributed by atoms with E-state index in [4.69, 9.17) is 10.7 Å². The molecule has 0 spiro atoms. The molecule has 0 aliphatic heterocycles. The Morgan fingerprint density at radius 3 is 2.39 bits per heavy atom. The van der Waals surface area contributed by atoms with Crippen molar-refractivity contribution in [2.24, 2.45) is 5.73 Å². The highest BCUT2D eigenvalue weighted by Crippen LogP contribution is 2.26. The summed E-state index contributed by atoms with van der Waals surface area (Å²) in [6, 6.07) is 10.7. The fraction of sp³-hybridized carbons (Fsp3) is 0.318. The summed E-state index contributed by atoms with van der Waals surface area (Å²) < 4.78 is 2.22. The summed E-state index contributed by atoms with van der Waals surface area (Å²) in [5.74, 6) is -0.114. The van der Waals surface area contributed by atoms with E-state index in [2.05, 4.69) is 48.5 Å². The number of carbonyl (C=O) groups is 1. The van der Waals surface area contributed by atoms with E-state index < -0.39 is 0 Å². The maximum atomic E-state index is 11.3. The molecule has 3 rings (SSSR count). The molecular weight excluding hydrogens is 368 g/mol. The van der Waals surface area contributed by atoms with E-state index in [9.17, 15) is 4.79 Å². The highest BCUT2D eigenvalue weighted by molar-refractivity contribution is 7.99. The van der Waals surface area contributed by atoms with Crippen LogP contribution in [0.3, 0.4) is 0 Å². The summed E-state index contributed by atoms with van der Waals surface area (Å²) in [5.41, 5.74) is 12.6. The van der Waals surface area contributed by atoms with Crippen molar-refractivity contribution in [2.45, 2.75) is 45.3 Å². The third-order valence-electron chi connectivity index (χ3n) is 4.54. The van der Waals surface area contributed by atoms with Crippen molar-refractivity contribution < 1.29 is 4.79 Å². The first-order chi connectivity index (χ1) is 13.5. The lowest BCUT2D eigenvalue weighted by atomic mass is 10.0. The second-order valence-electron chi connectivity index (χ2n) is 7.01. The van der Waals surface area contributed by atoms with Gasteiger partial charge in [0.2, 0.25) is 5.91 Å². The largest absolute Gasteiger partial charge is 0.369 e. The van der Waals surface area contributed by atoms with Crippen LogP contribution in [0.1, 0.15) is 40.6 Å². The van der Waals surface area contributed by atoms with Crippen molar-refractivity contribution in [3.8, 4) is 0 Å². The maximum absolute atomic E-state index is 11.3. The van der Waals surface area contributed by atoms with Gasteiger partial charge in [0.05, 0.1) is 11.4 Å². The lowest BCUT2D eigenvalue weighted by Crippen LogP contribution is -2.14. The van der Waals surface area contributed by atoms with Gasteiger partial charge in [-0.25, -0.2) is 4.98 Å². The predicted octanol–water partition coefficient (Wildman–Crippen LogP) is 3.67. The molecule has 2 heterocycles. The molecule has 1 amide bonds. The number of pyridine rings is 1. The molecule has 5 nitrogen and oxygen atoms in total. The molecule has 2 N–H and O–H groups in total. The zero-order valence-electron chi connectivity index (χ0n) is 16.6. The lowest BCUT2D eigenvalue weighted by molar-refractivity contribution is -0.115. The summed E-state index contributed by atoms with van der Waals surface area (Å²) in [5, 5.41) is 0.840. The molecule has 0 radical (unpaired) electrons. The number of hydrogen-bond donors (Lipinski definition) is 1. The number of thioether (sulfide) groups is 1. The number of aromatic nitrogens is 3. The van der Waals surface area contributed by atoms with Crippen molar-refractivity contribution in [1.82, 2.24) is 14.5 Å². The predicted molar refractivity (Wildman–Crippen MR) is 114 cm³/mol. The molecule has 0 atom stereocenters. The summed E-state index contributed by atoms with van der Waals surface area (Å²) in [4.78, 5) is 20.3. The van der Waals surface area contributed by atoms with Crippen LogP contribution >= 0.6 is 11.8 Å². The van der Waals surface area contributed by atoms with E-state index in [0.29, 0.717) is 6.54 Å². The van der Waals surface area contributed by atoms with E-state index >= 15 is 0 Å². The quantitative estimate of drug-likeness (QED) is 0.592. The second-order valence-corrected chi connectivity index (χ2v) is 7.95. The number of imidazole rings is 1. The lowest BCUT2D eigenvalue weighted by Gasteiger charge is -2.13. The second kappa shape index (κ2) is 9.06. The number of nitrogens with two attached hydrogens (primary N) is 1. The molecule has 3 aromatic rings. The SMILES string of the molecule is CCc1nc(SCC(N)=O)n(Cc2ccncc2)c1Cc1cc(C)cc(C)c1. The Balaban J connectivity index is 2.03. The Morgan fingerprint density at radius 1 is 1.11 bits per heavy atom. The van der Waals surface area contributed by atoms with Gasteiger partial charge >= 0.3 is 0 Å². The third-order valence-corrected chi connectivity index (χ3v) is 5.54. The van der Waals surface area contributed by atoms with E-state index in [1.165, 1.54) is 34.1 Å². The standard InChI is InChI=1S/C22H26N4OS/c1-4-19-20(12-18-10-15(2)9-16(3)11-18)26(13-17-5-7-24-8-6-17)22(25-19)28-14-21(23)27/h5-11H,4,12-14H2,1-3H3,(H2,23,27). The number of amides is 1. The fourth-order valence-electron chi connectivity index (χ4n) is 3.44. The van der Waals surface area contributed by atoms with Crippen molar-refractivity contribution in [3.63, 3.8) is 0 Å². The monoisotopic (exact) mass is 394 g/mol. The normalized spacial score (nSPS) is 11.0. The van der Waals surface area contributed by atoms with Crippen LogP contribution < -0.4 is 5.73 Å². The summed E-state index contributed by atoms with van der Waals surface area (Å²) in [6.45, 7) is 7.06. The number of hydrogen-bond acceptors (Lipinski definition) is 4. The molecular formula is C22H26N4OS. The average Bonchev–Trinajstić information content (AvgIpc) is 2.96. The van der Waals surface area contributed by atoms with E-state index in [1.54, 1.807) is 12.4 Å². The summed E-state index contributed by atoms with van der Waals surface area (Å²) >= 11 is 1.40. The van der Waals surface area contributed by atoms with Gasteiger partial charge in [0.1, 0.15) is 0 Å². The molecule has 0 aliphatic carbocycles. The van der Waals surface area contributed by atoms with E-state index in [1.807, 2.05) is 12.1 Å². The molecule has 0 saturated carbocycles. The van der Waals surface area contributed by atoms with Gasteiger partial charge in [0, 0.05) is 31.1 Å². The first kappa shape index (κ1) is 20.1. The van der Waals surface area contributed by atoms with Crippen LogP contribution in [-0.4, -0.2) is 26.2 Å². The van der Waals surface area contributed by atoms with Gasteiger partial charge in [-0.15, -0.1) is 0 Å². The molecule has 0 saturated heterocycles. The molecule has 1 aromatic carbocycles. The Hall–Kier alpha value is -2.60. The third kappa shape index (κ3) is 5.01. The Bertz CT molecular complexity index is 946. The minimum atomic E-state index is -0.336. The van der Waals surface area contributed by atoms with Crippen LogP contribution in [-0.2, 0) is 24.2 Å². The van der Waals surface area contributed by atoms with Crippen LogP contribution in [0.25, 0.3) is 0 Å². The Morgan fingerprint density at radius 2 is 1.79 bits per heavy atom. The van der Waals surface area contributed by atoms with Gasteiger partial charge in [0.15, 0.2) is 5.16 Å². The van der Waals surface area contributed by atoms with Crippen molar-refractivity contribution in [3.05, 3.63) is 76.4 Å². The van der Waals surface area contributed by atoms with Gasteiger partial charge in [-0.2, -0.15) is 0 Å². The van der Waals surface area contributed by atoms with Gasteiger partial charge in [-0.1, -0.05) is 48.0 Å². The molecule has 146 valence electrons. The zero-order valence-corrected chi connectivity index (χ0v) is 17.4. The highest BCUT2D eigenvalue weighted by Gasteiger charge is 2.18. The molecule has 2 aromatic heterocycles. The number of nitrogens with zero attached hydrogens (tertiary/aromatic N) is 3. The summed E-state index contributed by atoms with van der Waals surface area (Å²) in [7, 11) is 0. The zero-order chi connectivity index (χ0) is 20.1. The summed E-state index contributed by atoms with van der Waals surface area (Å²) in [6.07, 6.45) is 5.24. The van der Waals surface area contributed by atoms with Crippen molar-refractivity contribution >= 4 is 17.7 Å². The van der Waals surface area contributed by atoms with Crippen LogP contribution in [0, 0.1) is 13.8 Å². The smallest absolute Gasteiger partial charge is 0.227 e. The van der Waals surface area contributed by atoms with Crippen LogP contribution in [0.5, 0.6) is 0 Å². The number of benzene rings is 1. The number of aryl methyl sites for hydroxylation is 3. The molecule has 0 bridgehead atoms. The van der Waals surface area contributed by atoms with Gasteiger partial charge < -0.3 is 10.3 Å². The molecule has 0 fully saturated rings. The highest BCUT2D eigenvalue weighted by atomic mass is 32.2. The molecule has 6 heteroatoms. The molecule has 0 aliphatic rings. The number of rotatable bonds is 8. The molecule has 28 heavy (non-hydrogen) atoms. The van der Waals surface area contributed by atoms with Gasteiger partial charge in [0.25, 0.3) is 0 Å². The van der Waals surface area contributed by atoms with Crippen LogP contribution in [0.4, 0.5) is 0 Å². The van der Waals surface area contributed by atoms with Gasteiger partial charge in [-0.3, -0.25) is 9.78 Å². The Kier molecular flexibility index (Phi) is 6.52. The number of carbonyl (C=O) groups excluding carboxylic acids is 1. The first-order valence-corrected chi connectivity index (χ1v) is 10.4. The van der Waals surface area contributed by atoms with Crippen molar-refractivity contribution in [1.29, 1.82) is 0 Å².